The number of fused-ring (bicyclic) bond motifs is 2. The van der Waals surface area contributed by atoms with E-state index in [1.807, 2.05) is 39.0 Å². The maximum absolute atomic E-state index is 12.8. The number of carbonyl (C=O) groups excluding carboxylic acids is 3. The highest BCUT2D eigenvalue weighted by Gasteiger charge is 2.72. The van der Waals surface area contributed by atoms with Gasteiger partial charge in [-0.15, -0.1) is 11.3 Å². The Morgan fingerprint density at radius 2 is 2.03 bits per heavy atom. The van der Waals surface area contributed by atoms with Crippen molar-refractivity contribution in [2.24, 2.45) is 17.3 Å². The van der Waals surface area contributed by atoms with Gasteiger partial charge in [-0.1, -0.05) is 13.8 Å². The highest BCUT2D eigenvalue weighted by atomic mass is 32.1. The van der Waals surface area contributed by atoms with Crippen LogP contribution in [0.5, 0.6) is 0 Å². The van der Waals surface area contributed by atoms with Crippen molar-refractivity contribution in [2.45, 2.75) is 40.0 Å². The van der Waals surface area contributed by atoms with Gasteiger partial charge in [0.25, 0.3) is 0 Å². The van der Waals surface area contributed by atoms with Crippen LogP contribution in [0, 0.1) is 24.2 Å². The second-order valence-electron chi connectivity index (χ2n) is 10.3. The van der Waals surface area contributed by atoms with Crippen molar-refractivity contribution in [3.8, 4) is 11.3 Å². The number of nitrogens with zero attached hydrogens (tertiary/aromatic N) is 3. The Bertz CT molecular complexity index is 1340. The highest BCUT2D eigenvalue weighted by Crippen LogP contribution is 2.63. The molecule has 3 aromatic heterocycles. The van der Waals surface area contributed by atoms with Crippen LogP contribution in [0.25, 0.3) is 21.5 Å². The van der Waals surface area contributed by atoms with Gasteiger partial charge in [0.15, 0.2) is 6.29 Å². The topological polar surface area (TPSA) is 93.5 Å². The molecule has 5 heterocycles. The van der Waals surface area contributed by atoms with Crippen LogP contribution in [-0.4, -0.2) is 58.4 Å². The van der Waals surface area contributed by atoms with Crippen molar-refractivity contribution < 1.29 is 19.1 Å². The number of ether oxygens (including phenoxy) is 1. The van der Waals surface area contributed by atoms with Crippen LogP contribution in [0.1, 0.15) is 34.8 Å². The summed E-state index contributed by atoms with van der Waals surface area (Å²) in [6, 6.07) is 5.86. The maximum Gasteiger partial charge on any atom is 0.234 e. The molecule has 3 aromatic rings. The second kappa shape index (κ2) is 8.08. The van der Waals surface area contributed by atoms with Gasteiger partial charge in [0, 0.05) is 41.0 Å². The zero-order chi connectivity index (χ0) is 24.5. The van der Waals surface area contributed by atoms with Crippen molar-refractivity contribution in [3.05, 3.63) is 40.5 Å². The van der Waals surface area contributed by atoms with Crippen LogP contribution in [0.15, 0.2) is 24.4 Å². The average Bonchev–Trinajstić information content (AvgIpc) is 3.14. The molecule has 0 bridgehead atoms. The highest BCUT2D eigenvalue weighted by molar-refractivity contribution is 7.19. The molecule has 35 heavy (non-hydrogen) atoms. The van der Waals surface area contributed by atoms with Gasteiger partial charge in [0.05, 0.1) is 53.5 Å². The summed E-state index contributed by atoms with van der Waals surface area (Å²) in [6.45, 7) is 9.13. The number of aldehydes is 1. The summed E-state index contributed by atoms with van der Waals surface area (Å²) in [5.41, 5.74) is 4.09. The van der Waals surface area contributed by atoms with Gasteiger partial charge in [-0.05, 0) is 30.5 Å². The van der Waals surface area contributed by atoms with E-state index >= 15 is 0 Å². The Hall–Kier alpha value is -2.88. The molecule has 0 spiro atoms. The Morgan fingerprint density at radius 1 is 1.26 bits per heavy atom. The number of thiophene rings is 1. The molecule has 6 rings (SSSR count). The third-order valence-corrected chi connectivity index (χ3v) is 9.01. The van der Waals surface area contributed by atoms with Crippen LogP contribution >= 0.6 is 11.3 Å². The molecule has 3 atom stereocenters. The number of imide groups is 1. The van der Waals surface area contributed by atoms with Gasteiger partial charge in [0.1, 0.15) is 0 Å². The maximum atomic E-state index is 12.8. The first-order chi connectivity index (χ1) is 16.8. The number of aromatic nitrogens is 2. The molecule has 0 radical (unpaired) electrons. The first-order valence-corrected chi connectivity index (χ1v) is 12.8. The number of amides is 2. The fraction of sp³-hybridized carbons (Fsp3) is 0.462. The standard InChI is InChI=1S/C26H28N4O4S/c1-14-15(13-31)8-20(29(14)11-16-10-27-6-7-34-16)18-4-5-28-19-9-17(35-23(18)19)12-30-24(32)21-22(25(30)33)26(21,2)3/h4-5,8-9,13,16,21-22,27H,6-7,10-12H2,1-3H3. The molecule has 9 heteroatoms. The van der Waals surface area contributed by atoms with Crippen LogP contribution in [0.4, 0.5) is 0 Å². The van der Waals surface area contributed by atoms with E-state index in [0.717, 1.165) is 51.4 Å². The molecule has 2 saturated heterocycles. The molecule has 1 aliphatic carbocycles. The van der Waals surface area contributed by atoms with Gasteiger partial charge in [-0.25, -0.2) is 0 Å². The van der Waals surface area contributed by atoms with E-state index in [1.165, 1.54) is 4.90 Å². The van der Waals surface area contributed by atoms with Crippen molar-refractivity contribution in [1.29, 1.82) is 0 Å². The molecule has 0 aromatic carbocycles. The third kappa shape index (κ3) is 3.48. The van der Waals surface area contributed by atoms with E-state index in [0.29, 0.717) is 18.7 Å². The van der Waals surface area contributed by atoms with Crippen LogP contribution in [0.2, 0.25) is 0 Å². The van der Waals surface area contributed by atoms with Crippen LogP contribution < -0.4 is 5.32 Å². The number of carbonyl (C=O) groups is 3. The number of rotatable bonds is 6. The summed E-state index contributed by atoms with van der Waals surface area (Å²) >= 11 is 1.55. The number of morpholine rings is 1. The summed E-state index contributed by atoms with van der Waals surface area (Å²) in [5.74, 6) is -0.473. The molecule has 1 saturated carbocycles. The minimum atomic E-state index is -0.212. The lowest BCUT2D eigenvalue weighted by Gasteiger charge is -2.25. The zero-order valence-corrected chi connectivity index (χ0v) is 20.9. The van der Waals surface area contributed by atoms with E-state index in [1.54, 1.807) is 17.5 Å². The van der Waals surface area contributed by atoms with E-state index in [9.17, 15) is 14.4 Å². The Kier molecular flexibility index (Phi) is 5.21. The lowest BCUT2D eigenvalue weighted by molar-refractivity contribution is -0.143. The number of hydrogen-bond donors (Lipinski definition) is 1. The molecule has 3 aliphatic rings. The van der Waals surface area contributed by atoms with Crippen molar-refractivity contribution in [1.82, 2.24) is 19.8 Å². The molecular weight excluding hydrogens is 464 g/mol. The largest absolute Gasteiger partial charge is 0.374 e. The molecule has 8 nitrogen and oxygen atoms in total. The number of hydrogen-bond acceptors (Lipinski definition) is 7. The van der Waals surface area contributed by atoms with Gasteiger partial charge >= 0.3 is 0 Å². The Morgan fingerprint density at radius 3 is 2.71 bits per heavy atom. The Balaban J connectivity index is 1.35. The zero-order valence-electron chi connectivity index (χ0n) is 20.0. The molecular formula is C26H28N4O4S. The Labute approximate surface area is 207 Å². The van der Waals surface area contributed by atoms with E-state index in [4.69, 9.17) is 4.74 Å². The molecule has 2 amide bonds. The van der Waals surface area contributed by atoms with Gasteiger partial charge in [-0.2, -0.15) is 0 Å². The lowest BCUT2D eigenvalue weighted by Crippen LogP contribution is -2.41. The third-order valence-electron chi connectivity index (χ3n) is 7.87. The molecule has 2 aliphatic heterocycles. The van der Waals surface area contributed by atoms with Crippen molar-refractivity contribution in [3.63, 3.8) is 0 Å². The number of piperidine rings is 1. The predicted molar refractivity (Wildman–Crippen MR) is 132 cm³/mol. The summed E-state index contributed by atoms with van der Waals surface area (Å²) in [6.07, 6.45) is 2.68. The summed E-state index contributed by atoms with van der Waals surface area (Å²) < 4.78 is 9.06. The molecule has 3 fully saturated rings. The van der Waals surface area contributed by atoms with Crippen molar-refractivity contribution in [2.75, 3.05) is 19.7 Å². The number of pyridine rings is 1. The van der Waals surface area contributed by atoms with Crippen LogP contribution in [0.3, 0.4) is 0 Å². The summed E-state index contributed by atoms with van der Waals surface area (Å²) in [4.78, 5) is 44.3. The lowest BCUT2D eigenvalue weighted by atomic mass is 10.1. The smallest absolute Gasteiger partial charge is 0.234 e. The second-order valence-corrected chi connectivity index (χ2v) is 11.5. The summed E-state index contributed by atoms with van der Waals surface area (Å²) in [5, 5.41) is 3.36. The fourth-order valence-electron chi connectivity index (χ4n) is 5.77. The minimum absolute atomic E-state index is 0.0206. The quantitative estimate of drug-likeness (QED) is 0.420. The van der Waals surface area contributed by atoms with Crippen LogP contribution in [-0.2, 0) is 27.4 Å². The molecule has 3 unspecified atom stereocenters. The molecule has 182 valence electrons. The van der Waals surface area contributed by atoms with E-state index < -0.39 is 0 Å². The first-order valence-electron chi connectivity index (χ1n) is 12.0. The SMILES string of the molecule is Cc1c(C=O)cc(-c2ccnc3cc(CN4C(=O)C5C(C4=O)C5(C)C)sc23)n1CC1CNCCO1. The monoisotopic (exact) mass is 492 g/mol. The minimum Gasteiger partial charge on any atom is -0.374 e. The number of likely N-dealkylation sites (tertiary alicyclic amines) is 1. The van der Waals surface area contributed by atoms with E-state index in [-0.39, 0.29) is 41.7 Å². The average molecular weight is 493 g/mol. The van der Waals surface area contributed by atoms with Gasteiger partial charge in [0.2, 0.25) is 11.8 Å². The number of nitrogens with one attached hydrogen (secondary N) is 1. The van der Waals surface area contributed by atoms with Crippen molar-refractivity contribution >= 4 is 39.7 Å². The molecule has 1 N–H and O–H groups in total. The van der Waals surface area contributed by atoms with E-state index in [2.05, 4.69) is 14.9 Å². The van der Waals surface area contributed by atoms with Gasteiger partial charge < -0.3 is 14.6 Å². The summed E-state index contributed by atoms with van der Waals surface area (Å²) in [7, 11) is 0. The normalized spacial score (nSPS) is 25.3. The first kappa shape index (κ1) is 22.6. The fourth-order valence-corrected chi connectivity index (χ4v) is 6.89. The van der Waals surface area contributed by atoms with Gasteiger partial charge in [-0.3, -0.25) is 24.3 Å². The predicted octanol–water partition coefficient (Wildman–Crippen LogP) is 3.02.